The molecule has 0 aliphatic rings. The van der Waals surface area contributed by atoms with Gasteiger partial charge in [-0.05, 0) is 0 Å². The van der Waals surface area contributed by atoms with Gasteiger partial charge in [-0.15, -0.1) is 0 Å². The van der Waals surface area contributed by atoms with Crippen LogP contribution in [-0.2, 0) is 4.79 Å². The molecular weight excluding hydrogens is 125 g/mol. The van der Waals surface area contributed by atoms with Crippen molar-refractivity contribution in [1.29, 1.82) is 0 Å². The highest BCUT2D eigenvalue weighted by Gasteiger charge is 2.31. The third-order valence-corrected chi connectivity index (χ3v) is 0.969. The minimum absolute atomic E-state index is 0.137. The molecule has 0 aromatic carbocycles. The van der Waals surface area contributed by atoms with Crippen LogP contribution in [0.4, 0.5) is 4.39 Å². The molecule has 54 valence electrons. The summed E-state index contributed by atoms with van der Waals surface area (Å²) < 4.78 is 12.4. The maximum Gasteiger partial charge on any atom is 0.356 e. The normalized spacial score (nSPS) is 16.8. The van der Waals surface area contributed by atoms with Crippen molar-refractivity contribution in [2.45, 2.75) is 25.6 Å². The van der Waals surface area contributed by atoms with Crippen LogP contribution >= 0.6 is 0 Å². The van der Waals surface area contributed by atoms with E-state index in [4.69, 9.17) is 10.8 Å². The number of hydrogen-bond acceptors (Lipinski definition) is 2. The first kappa shape index (κ1) is 8.36. The molecule has 4 heteroatoms. The van der Waals surface area contributed by atoms with Crippen molar-refractivity contribution in [3.8, 4) is 0 Å². The number of carbonyl (C=O) groups is 1. The molecular formula is C5H10FNO2. The summed E-state index contributed by atoms with van der Waals surface area (Å²) in [4.78, 5) is 9.91. The van der Waals surface area contributed by atoms with E-state index in [0.29, 0.717) is 6.42 Å². The highest BCUT2D eigenvalue weighted by molar-refractivity contribution is 5.76. The summed E-state index contributed by atoms with van der Waals surface area (Å²) in [7, 11) is 0. The van der Waals surface area contributed by atoms with E-state index >= 15 is 0 Å². The van der Waals surface area contributed by atoms with E-state index in [2.05, 4.69) is 0 Å². The summed E-state index contributed by atoms with van der Waals surface area (Å²) >= 11 is 0. The Balaban J connectivity index is 3.85. The molecule has 1 atom stereocenters. The summed E-state index contributed by atoms with van der Waals surface area (Å²) in [5, 5.41) is 8.07. The van der Waals surface area contributed by atoms with E-state index in [1.165, 1.54) is 0 Å². The quantitative estimate of drug-likeness (QED) is 0.554. The summed E-state index contributed by atoms with van der Waals surface area (Å²) in [5.74, 6) is -4.13. The molecule has 0 fully saturated rings. The van der Waals surface area contributed by atoms with Gasteiger partial charge >= 0.3 is 5.97 Å². The van der Waals surface area contributed by atoms with Crippen LogP contribution in [0.1, 0.15) is 19.8 Å². The molecule has 0 saturated heterocycles. The maximum atomic E-state index is 12.4. The van der Waals surface area contributed by atoms with Crippen LogP contribution in [0.15, 0.2) is 0 Å². The van der Waals surface area contributed by atoms with Crippen LogP contribution in [0.3, 0.4) is 0 Å². The molecule has 0 aliphatic heterocycles. The zero-order chi connectivity index (χ0) is 7.49. The van der Waals surface area contributed by atoms with Crippen LogP contribution < -0.4 is 5.73 Å². The molecule has 0 heterocycles. The lowest BCUT2D eigenvalue weighted by atomic mass is 10.1. The van der Waals surface area contributed by atoms with E-state index < -0.39 is 11.8 Å². The minimum atomic E-state index is -2.53. The first-order valence-corrected chi connectivity index (χ1v) is 2.72. The minimum Gasteiger partial charge on any atom is -0.478 e. The van der Waals surface area contributed by atoms with Gasteiger partial charge in [-0.2, -0.15) is 0 Å². The van der Waals surface area contributed by atoms with Gasteiger partial charge in [0.05, 0.1) is 0 Å². The molecule has 0 aromatic rings. The smallest absolute Gasteiger partial charge is 0.356 e. The number of aliphatic carboxylic acids is 1. The molecule has 0 rings (SSSR count). The van der Waals surface area contributed by atoms with Crippen molar-refractivity contribution < 1.29 is 14.3 Å². The highest BCUT2D eigenvalue weighted by Crippen LogP contribution is 2.10. The van der Waals surface area contributed by atoms with Gasteiger partial charge in [-0.3, -0.25) is 5.73 Å². The van der Waals surface area contributed by atoms with Crippen LogP contribution in [0.25, 0.3) is 0 Å². The maximum absolute atomic E-state index is 12.4. The molecule has 9 heavy (non-hydrogen) atoms. The van der Waals surface area contributed by atoms with E-state index in [0.717, 1.165) is 0 Å². The Morgan fingerprint density at radius 2 is 2.33 bits per heavy atom. The second-order valence-corrected chi connectivity index (χ2v) is 1.92. The molecule has 0 aliphatic carbocycles. The van der Waals surface area contributed by atoms with E-state index in [-0.39, 0.29) is 6.42 Å². The predicted molar refractivity (Wildman–Crippen MR) is 30.6 cm³/mol. The molecule has 0 amide bonds. The van der Waals surface area contributed by atoms with E-state index in [1.54, 1.807) is 6.92 Å². The van der Waals surface area contributed by atoms with Gasteiger partial charge in [-0.25, -0.2) is 9.18 Å². The highest BCUT2D eigenvalue weighted by atomic mass is 19.1. The predicted octanol–water partition coefficient (Wildman–Crippen LogP) is 0.496. The number of hydrogen-bond donors (Lipinski definition) is 2. The molecule has 0 aromatic heterocycles. The summed E-state index contributed by atoms with van der Waals surface area (Å²) in [6, 6.07) is 0. The summed E-state index contributed by atoms with van der Waals surface area (Å²) in [5.41, 5.74) is 4.70. The van der Waals surface area contributed by atoms with Crippen molar-refractivity contribution in [2.24, 2.45) is 5.73 Å². The Morgan fingerprint density at radius 3 is 2.44 bits per heavy atom. The molecule has 0 radical (unpaired) electrons. The lowest BCUT2D eigenvalue weighted by Crippen LogP contribution is -2.42. The van der Waals surface area contributed by atoms with Crippen LogP contribution in [0.5, 0.6) is 0 Å². The monoisotopic (exact) mass is 135 g/mol. The van der Waals surface area contributed by atoms with E-state index in [1.807, 2.05) is 0 Å². The largest absolute Gasteiger partial charge is 0.478 e. The fraction of sp³-hybridized carbons (Fsp3) is 0.800. The van der Waals surface area contributed by atoms with E-state index in [9.17, 15) is 9.18 Å². The third-order valence-electron chi connectivity index (χ3n) is 0.969. The molecule has 0 spiro atoms. The van der Waals surface area contributed by atoms with Crippen LogP contribution in [-0.4, -0.2) is 16.9 Å². The zero-order valence-corrected chi connectivity index (χ0v) is 5.22. The van der Waals surface area contributed by atoms with Crippen molar-refractivity contribution in [3.63, 3.8) is 0 Å². The fourth-order valence-electron chi connectivity index (χ4n) is 0.471. The Kier molecular flexibility index (Phi) is 2.58. The van der Waals surface area contributed by atoms with Crippen LogP contribution in [0.2, 0.25) is 0 Å². The Hall–Kier alpha value is -0.640. The number of alkyl halides is 1. The summed E-state index contributed by atoms with van der Waals surface area (Å²) in [6.45, 7) is 1.67. The second kappa shape index (κ2) is 2.77. The third kappa shape index (κ3) is 2.41. The topological polar surface area (TPSA) is 63.3 Å². The molecule has 3 nitrogen and oxygen atoms in total. The molecule has 0 bridgehead atoms. The lowest BCUT2D eigenvalue weighted by Gasteiger charge is -2.11. The first-order chi connectivity index (χ1) is 4.00. The van der Waals surface area contributed by atoms with Gasteiger partial charge in [0.2, 0.25) is 0 Å². The zero-order valence-electron chi connectivity index (χ0n) is 5.22. The van der Waals surface area contributed by atoms with Crippen molar-refractivity contribution >= 4 is 5.97 Å². The van der Waals surface area contributed by atoms with Gasteiger partial charge in [0.15, 0.2) is 0 Å². The number of carboxylic acids is 1. The van der Waals surface area contributed by atoms with Crippen molar-refractivity contribution in [1.82, 2.24) is 0 Å². The average molecular weight is 135 g/mol. The average Bonchev–Trinajstić information content (AvgIpc) is 1.65. The molecule has 0 saturated carbocycles. The standard InChI is InChI=1S/C5H10FNO2/c1-2-3-5(6,7)4(8)9/h2-3,7H2,1H3,(H,8,9). The van der Waals surface area contributed by atoms with Gasteiger partial charge in [0.1, 0.15) is 0 Å². The van der Waals surface area contributed by atoms with Gasteiger partial charge in [0.25, 0.3) is 5.79 Å². The van der Waals surface area contributed by atoms with Crippen LogP contribution in [0, 0.1) is 0 Å². The van der Waals surface area contributed by atoms with Crippen molar-refractivity contribution in [3.05, 3.63) is 0 Å². The Labute approximate surface area is 52.7 Å². The fourth-order valence-corrected chi connectivity index (χ4v) is 0.471. The number of rotatable bonds is 3. The number of carboxylic acid groups (broad SMARTS) is 1. The SMILES string of the molecule is CCCC(N)(F)C(=O)O. The van der Waals surface area contributed by atoms with Gasteiger partial charge in [-0.1, -0.05) is 13.3 Å². The molecule has 3 N–H and O–H groups in total. The number of nitrogens with two attached hydrogens (primary N) is 1. The second-order valence-electron chi connectivity index (χ2n) is 1.92. The Bertz CT molecular complexity index is 114. The van der Waals surface area contributed by atoms with Gasteiger partial charge < -0.3 is 5.11 Å². The summed E-state index contributed by atoms with van der Waals surface area (Å²) in [6.07, 6.45) is 0.293. The Morgan fingerprint density at radius 1 is 1.89 bits per heavy atom. The van der Waals surface area contributed by atoms with Crippen molar-refractivity contribution in [2.75, 3.05) is 0 Å². The molecule has 1 unspecified atom stereocenters. The van der Waals surface area contributed by atoms with Gasteiger partial charge in [0, 0.05) is 6.42 Å². The number of halogens is 1. The first-order valence-electron chi connectivity index (χ1n) is 2.72. The lowest BCUT2D eigenvalue weighted by molar-refractivity contribution is -0.151.